The highest BCUT2D eigenvalue weighted by Crippen LogP contribution is 2.18. The van der Waals surface area contributed by atoms with Crippen LogP contribution in [0, 0.1) is 18.3 Å². The number of benzene rings is 1. The standard InChI is InChI=1S/C14H18N2O2/c1-10-9-11(7-8-15)5-6-12(10)16-13(17)18-14(2,3)4/h5-6,9H,7H2,1-4H3,(H,16,17). The van der Waals surface area contributed by atoms with Gasteiger partial charge in [0.25, 0.3) is 0 Å². The maximum atomic E-state index is 11.6. The van der Waals surface area contributed by atoms with Gasteiger partial charge in [0.2, 0.25) is 0 Å². The highest BCUT2D eigenvalue weighted by molar-refractivity contribution is 5.85. The first-order chi connectivity index (χ1) is 8.31. The maximum Gasteiger partial charge on any atom is 0.412 e. The zero-order chi connectivity index (χ0) is 13.8. The molecule has 0 saturated heterocycles. The first-order valence-corrected chi connectivity index (χ1v) is 5.78. The van der Waals surface area contributed by atoms with Gasteiger partial charge in [-0.3, -0.25) is 5.32 Å². The molecular weight excluding hydrogens is 228 g/mol. The van der Waals surface area contributed by atoms with Crippen molar-refractivity contribution in [1.82, 2.24) is 0 Å². The van der Waals surface area contributed by atoms with Gasteiger partial charge >= 0.3 is 6.09 Å². The van der Waals surface area contributed by atoms with Gasteiger partial charge in [0.15, 0.2) is 0 Å². The van der Waals surface area contributed by atoms with Crippen molar-refractivity contribution in [2.24, 2.45) is 0 Å². The summed E-state index contributed by atoms with van der Waals surface area (Å²) < 4.78 is 5.17. The van der Waals surface area contributed by atoms with E-state index in [-0.39, 0.29) is 0 Å². The quantitative estimate of drug-likeness (QED) is 0.869. The average Bonchev–Trinajstić information content (AvgIpc) is 2.20. The second-order valence-corrected chi connectivity index (χ2v) is 5.11. The van der Waals surface area contributed by atoms with Crippen molar-refractivity contribution in [2.45, 2.75) is 39.7 Å². The molecule has 0 bridgehead atoms. The molecule has 0 aromatic heterocycles. The molecule has 0 saturated carbocycles. The van der Waals surface area contributed by atoms with Crippen molar-refractivity contribution in [3.05, 3.63) is 29.3 Å². The number of nitriles is 1. The molecule has 1 amide bonds. The predicted octanol–water partition coefficient (Wildman–Crippen LogP) is 3.41. The lowest BCUT2D eigenvalue weighted by molar-refractivity contribution is 0.0636. The Morgan fingerprint density at radius 2 is 2.11 bits per heavy atom. The van der Waals surface area contributed by atoms with Gasteiger partial charge in [-0.25, -0.2) is 4.79 Å². The van der Waals surface area contributed by atoms with Crippen LogP contribution in [0.5, 0.6) is 0 Å². The maximum absolute atomic E-state index is 11.6. The Bertz CT molecular complexity index is 482. The molecule has 0 atom stereocenters. The largest absolute Gasteiger partial charge is 0.444 e. The van der Waals surface area contributed by atoms with Crippen LogP contribution in [-0.2, 0) is 11.2 Å². The van der Waals surface area contributed by atoms with Gasteiger partial charge in [-0.15, -0.1) is 0 Å². The van der Waals surface area contributed by atoms with Gasteiger partial charge in [-0.1, -0.05) is 12.1 Å². The van der Waals surface area contributed by atoms with Crippen LogP contribution in [0.2, 0.25) is 0 Å². The SMILES string of the molecule is Cc1cc(CC#N)ccc1NC(=O)OC(C)(C)C. The molecule has 0 fully saturated rings. The van der Waals surface area contributed by atoms with E-state index >= 15 is 0 Å². The summed E-state index contributed by atoms with van der Waals surface area (Å²) in [5, 5.41) is 11.3. The summed E-state index contributed by atoms with van der Waals surface area (Å²) >= 11 is 0. The van der Waals surface area contributed by atoms with E-state index < -0.39 is 11.7 Å². The summed E-state index contributed by atoms with van der Waals surface area (Å²) in [6.07, 6.45) is -0.105. The summed E-state index contributed by atoms with van der Waals surface area (Å²) in [7, 11) is 0. The Hall–Kier alpha value is -2.02. The number of hydrogen-bond donors (Lipinski definition) is 1. The van der Waals surface area contributed by atoms with Crippen LogP contribution in [-0.4, -0.2) is 11.7 Å². The summed E-state index contributed by atoms with van der Waals surface area (Å²) in [6.45, 7) is 7.33. The number of aryl methyl sites for hydroxylation is 1. The first kappa shape index (κ1) is 14.0. The van der Waals surface area contributed by atoms with E-state index in [9.17, 15) is 4.79 Å². The Morgan fingerprint density at radius 3 is 2.61 bits per heavy atom. The van der Waals surface area contributed by atoms with E-state index in [2.05, 4.69) is 11.4 Å². The van der Waals surface area contributed by atoms with Crippen molar-refractivity contribution in [1.29, 1.82) is 5.26 Å². The molecule has 1 N–H and O–H groups in total. The van der Waals surface area contributed by atoms with E-state index in [1.165, 1.54) is 0 Å². The second-order valence-electron chi connectivity index (χ2n) is 5.11. The third kappa shape index (κ3) is 4.46. The molecule has 0 aliphatic carbocycles. The zero-order valence-corrected chi connectivity index (χ0v) is 11.2. The lowest BCUT2D eigenvalue weighted by atomic mass is 10.1. The Balaban J connectivity index is 2.74. The zero-order valence-electron chi connectivity index (χ0n) is 11.2. The molecule has 0 unspecified atom stereocenters. The van der Waals surface area contributed by atoms with Crippen LogP contribution in [0.4, 0.5) is 10.5 Å². The molecule has 0 heterocycles. The fourth-order valence-corrected chi connectivity index (χ4v) is 1.48. The van der Waals surface area contributed by atoms with Crippen molar-refractivity contribution in [3.8, 4) is 6.07 Å². The lowest BCUT2D eigenvalue weighted by Crippen LogP contribution is -2.27. The smallest absolute Gasteiger partial charge is 0.412 e. The number of hydrogen-bond acceptors (Lipinski definition) is 3. The molecule has 0 aliphatic heterocycles. The van der Waals surface area contributed by atoms with Crippen LogP contribution in [0.3, 0.4) is 0 Å². The molecule has 4 heteroatoms. The van der Waals surface area contributed by atoms with Crippen LogP contribution in [0.25, 0.3) is 0 Å². The molecule has 0 aliphatic rings. The van der Waals surface area contributed by atoms with E-state index in [1.54, 1.807) is 6.07 Å². The van der Waals surface area contributed by atoms with Gasteiger partial charge in [0, 0.05) is 5.69 Å². The average molecular weight is 246 g/mol. The van der Waals surface area contributed by atoms with Crippen molar-refractivity contribution in [3.63, 3.8) is 0 Å². The number of nitrogens with zero attached hydrogens (tertiary/aromatic N) is 1. The molecule has 0 spiro atoms. The van der Waals surface area contributed by atoms with Gasteiger partial charge in [0.1, 0.15) is 5.60 Å². The number of carbonyl (C=O) groups excluding carboxylic acids is 1. The van der Waals surface area contributed by atoms with Crippen molar-refractivity contribution >= 4 is 11.8 Å². The molecule has 4 nitrogen and oxygen atoms in total. The number of ether oxygens (including phenoxy) is 1. The summed E-state index contributed by atoms with van der Waals surface area (Å²) in [6, 6.07) is 7.58. The number of anilines is 1. The Labute approximate surface area is 108 Å². The molecule has 18 heavy (non-hydrogen) atoms. The summed E-state index contributed by atoms with van der Waals surface area (Å²) in [5.74, 6) is 0. The third-order valence-electron chi connectivity index (χ3n) is 2.21. The van der Waals surface area contributed by atoms with E-state index in [0.29, 0.717) is 12.1 Å². The highest BCUT2D eigenvalue weighted by Gasteiger charge is 2.16. The van der Waals surface area contributed by atoms with Gasteiger partial charge in [-0.2, -0.15) is 5.26 Å². The second kappa shape index (κ2) is 5.54. The van der Waals surface area contributed by atoms with Crippen molar-refractivity contribution in [2.75, 3.05) is 5.32 Å². The molecular formula is C14H18N2O2. The molecule has 1 aromatic carbocycles. The van der Waals surface area contributed by atoms with Crippen LogP contribution >= 0.6 is 0 Å². The number of nitrogens with one attached hydrogen (secondary N) is 1. The minimum atomic E-state index is -0.515. The van der Waals surface area contributed by atoms with Crippen molar-refractivity contribution < 1.29 is 9.53 Å². The lowest BCUT2D eigenvalue weighted by Gasteiger charge is -2.20. The topological polar surface area (TPSA) is 62.1 Å². The monoisotopic (exact) mass is 246 g/mol. The minimum Gasteiger partial charge on any atom is -0.444 e. The summed E-state index contributed by atoms with van der Waals surface area (Å²) in [5.41, 5.74) is 2.03. The Kier molecular flexibility index (Phi) is 4.33. The summed E-state index contributed by atoms with van der Waals surface area (Å²) in [4.78, 5) is 11.6. The fraction of sp³-hybridized carbons (Fsp3) is 0.429. The van der Waals surface area contributed by atoms with E-state index in [1.807, 2.05) is 39.8 Å². The first-order valence-electron chi connectivity index (χ1n) is 5.78. The molecule has 1 rings (SSSR count). The normalized spacial score (nSPS) is 10.6. The number of carbonyl (C=O) groups is 1. The fourth-order valence-electron chi connectivity index (χ4n) is 1.48. The Morgan fingerprint density at radius 1 is 1.44 bits per heavy atom. The number of amides is 1. The van der Waals surface area contributed by atoms with Gasteiger partial charge in [-0.05, 0) is 44.9 Å². The molecule has 0 radical (unpaired) electrons. The van der Waals surface area contributed by atoms with E-state index in [0.717, 1.165) is 11.1 Å². The van der Waals surface area contributed by atoms with E-state index in [4.69, 9.17) is 10.00 Å². The van der Waals surface area contributed by atoms with Crippen LogP contribution in [0.1, 0.15) is 31.9 Å². The minimum absolute atomic E-state index is 0.369. The highest BCUT2D eigenvalue weighted by atomic mass is 16.6. The van der Waals surface area contributed by atoms with Crippen LogP contribution in [0.15, 0.2) is 18.2 Å². The van der Waals surface area contributed by atoms with Gasteiger partial charge < -0.3 is 4.74 Å². The van der Waals surface area contributed by atoms with Crippen LogP contribution < -0.4 is 5.32 Å². The number of rotatable bonds is 2. The molecule has 1 aromatic rings. The third-order valence-corrected chi connectivity index (χ3v) is 2.21. The predicted molar refractivity (Wildman–Crippen MR) is 70.4 cm³/mol. The van der Waals surface area contributed by atoms with Gasteiger partial charge in [0.05, 0.1) is 12.5 Å². The molecule has 96 valence electrons.